The van der Waals surface area contributed by atoms with E-state index in [1.165, 1.54) is 11.1 Å². The number of fused-ring (bicyclic) bond motifs is 2. The van der Waals surface area contributed by atoms with E-state index in [0.717, 1.165) is 22.0 Å². The van der Waals surface area contributed by atoms with Crippen molar-refractivity contribution in [2.24, 2.45) is 14.1 Å². The fraction of sp³-hybridized carbons (Fsp3) is 0.250. The molecule has 0 spiro atoms. The van der Waals surface area contributed by atoms with Crippen LogP contribution in [0.15, 0.2) is 67.1 Å². The Bertz CT molecular complexity index is 1200. The SMILES string of the molecule is Cn1cc(C2CN(C(=O)Cc3cn(C)c4ccccc34)Cc3ccccc32)cn1. The Balaban J connectivity index is 1.46. The second-order valence-electron chi connectivity index (χ2n) is 7.93. The predicted octanol–water partition coefficient (Wildman–Crippen LogP) is 3.63. The van der Waals surface area contributed by atoms with Crippen molar-refractivity contribution in [2.75, 3.05) is 6.54 Å². The van der Waals surface area contributed by atoms with Crippen molar-refractivity contribution in [1.82, 2.24) is 19.2 Å². The van der Waals surface area contributed by atoms with Gasteiger partial charge in [0.25, 0.3) is 0 Å². The third-order valence-electron chi connectivity index (χ3n) is 6.00. The van der Waals surface area contributed by atoms with Gasteiger partial charge in [0.2, 0.25) is 5.91 Å². The molecular weight excluding hydrogens is 360 g/mol. The van der Waals surface area contributed by atoms with Crippen molar-refractivity contribution < 1.29 is 4.79 Å². The van der Waals surface area contributed by atoms with Gasteiger partial charge in [0.15, 0.2) is 0 Å². The zero-order valence-electron chi connectivity index (χ0n) is 16.7. The van der Waals surface area contributed by atoms with Gasteiger partial charge in [-0.05, 0) is 28.3 Å². The second-order valence-corrected chi connectivity index (χ2v) is 7.93. The Morgan fingerprint density at radius 1 is 1.07 bits per heavy atom. The summed E-state index contributed by atoms with van der Waals surface area (Å²) in [6, 6.07) is 16.7. The molecule has 1 unspecified atom stereocenters. The Kier molecular flexibility index (Phi) is 4.23. The smallest absolute Gasteiger partial charge is 0.227 e. The minimum absolute atomic E-state index is 0.158. The monoisotopic (exact) mass is 384 g/mol. The highest BCUT2D eigenvalue weighted by Gasteiger charge is 2.30. The van der Waals surface area contributed by atoms with E-state index < -0.39 is 0 Å². The lowest BCUT2D eigenvalue weighted by molar-refractivity contribution is -0.131. The summed E-state index contributed by atoms with van der Waals surface area (Å²) in [6.45, 7) is 1.35. The summed E-state index contributed by atoms with van der Waals surface area (Å²) < 4.78 is 3.93. The second kappa shape index (κ2) is 6.92. The molecule has 4 aromatic rings. The molecule has 1 amide bonds. The van der Waals surface area contributed by atoms with Gasteiger partial charge in [-0.1, -0.05) is 42.5 Å². The number of carbonyl (C=O) groups is 1. The number of hydrogen-bond acceptors (Lipinski definition) is 2. The van der Waals surface area contributed by atoms with Crippen molar-refractivity contribution in [1.29, 1.82) is 0 Å². The first-order valence-electron chi connectivity index (χ1n) is 9.97. The first-order valence-corrected chi connectivity index (χ1v) is 9.97. The standard InChI is InChI=1S/C24H24N4O/c1-26-13-18(21-9-5-6-10-23(21)26)11-24(29)28-15-17-7-3-4-8-20(17)22(16-28)19-12-25-27(2)14-19/h3-10,12-14,22H,11,15-16H2,1-2H3. The van der Waals surface area contributed by atoms with Crippen LogP contribution in [-0.4, -0.2) is 31.7 Å². The molecule has 2 aromatic carbocycles. The topological polar surface area (TPSA) is 43.1 Å². The molecule has 0 saturated carbocycles. The summed E-state index contributed by atoms with van der Waals surface area (Å²) in [5.74, 6) is 0.329. The molecule has 2 aromatic heterocycles. The summed E-state index contributed by atoms with van der Waals surface area (Å²) >= 11 is 0. The molecule has 0 radical (unpaired) electrons. The van der Waals surface area contributed by atoms with Gasteiger partial charge < -0.3 is 9.47 Å². The third-order valence-corrected chi connectivity index (χ3v) is 6.00. The van der Waals surface area contributed by atoms with E-state index in [2.05, 4.69) is 58.5 Å². The molecule has 5 nitrogen and oxygen atoms in total. The summed E-state index contributed by atoms with van der Waals surface area (Å²) in [5.41, 5.74) is 5.92. The number of para-hydroxylation sites is 1. The fourth-order valence-electron chi connectivity index (χ4n) is 4.54. The summed E-state index contributed by atoms with van der Waals surface area (Å²) in [7, 11) is 3.97. The van der Waals surface area contributed by atoms with Crippen molar-refractivity contribution in [3.63, 3.8) is 0 Å². The molecule has 0 N–H and O–H groups in total. The lowest BCUT2D eigenvalue weighted by Crippen LogP contribution is -2.39. The molecule has 1 atom stereocenters. The zero-order chi connectivity index (χ0) is 20.0. The van der Waals surface area contributed by atoms with Gasteiger partial charge in [-0.15, -0.1) is 0 Å². The first-order chi connectivity index (χ1) is 14.1. The summed E-state index contributed by atoms with van der Waals surface area (Å²) in [6.07, 6.45) is 6.47. The average molecular weight is 384 g/mol. The Morgan fingerprint density at radius 3 is 2.69 bits per heavy atom. The maximum atomic E-state index is 13.3. The van der Waals surface area contributed by atoms with E-state index in [0.29, 0.717) is 19.5 Å². The number of amides is 1. The molecule has 0 saturated heterocycles. The van der Waals surface area contributed by atoms with Gasteiger partial charge in [-0.25, -0.2) is 0 Å². The Morgan fingerprint density at radius 2 is 1.86 bits per heavy atom. The molecule has 29 heavy (non-hydrogen) atoms. The molecule has 146 valence electrons. The van der Waals surface area contributed by atoms with Crippen LogP contribution in [0.5, 0.6) is 0 Å². The van der Waals surface area contributed by atoms with E-state index in [9.17, 15) is 4.79 Å². The number of benzene rings is 2. The quantitative estimate of drug-likeness (QED) is 0.541. The Labute approximate surface area is 170 Å². The van der Waals surface area contributed by atoms with Gasteiger partial charge in [0.1, 0.15) is 0 Å². The fourth-order valence-corrected chi connectivity index (χ4v) is 4.54. The Hall–Kier alpha value is -3.34. The minimum atomic E-state index is 0.158. The lowest BCUT2D eigenvalue weighted by Gasteiger charge is -2.34. The molecule has 0 aliphatic carbocycles. The predicted molar refractivity (Wildman–Crippen MR) is 114 cm³/mol. The number of aryl methyl sites for hydroxylation is 2. The average Bonchev–Trinajstić information content (AvgIpc) is 3.31. The third kappa shape index (κ3) is 3.12. The van der Waals surface area contributed by atoms with Crippen molar-refractivity contribution in [2.45, 2.75) is 18.9 Å². The molecule has 0 fully saturated rings. The van der Waals surface area contributed by atoms with Gasteiger partial charge in [-0.3, -0.25) is 9.48 Å². The number of nitrogens with zero attached hydrogens (tertiary/aromatic N) is 4. The van der Waals surface area contributed by atoms with Crippen LogP contribution < -0.4 is 0 Å². The highest BCUT2D eigenvalue weighted by atomic mass is 16.2. The van der Waals surface area contributed by atoms with Crippen LogP contribution in [0.4, 0.5) is 0 Å². The van der Waals surface area contributed by atoms with E-state index in [4.69, 9.17) is 0 Å². The molecular formula is C24H24N4O. The van der Waals surface area contributed by atoms with Crippen LogP contribution in [0.25, 0.3) is 10.9 Å². The van der Waals surface area contributed by atoms with E-state index in [1.54, 1.807) is 0 Å². The molecule has 1 aliphatic heterocycles. The highest BCUT2D eigenvalue weighted by Crippen LogP contribution is 2.33. The highest BCUT2D eigenvalue weighted by molar-refractivity contribution is 5.89. The number of aromatic nitrogens is 3. The first kappa shape index (κ1) is 17.7. The van der Waals surface area contributed by atoms with Crippen LogP contribution in [0.1, 0.15) is 28.2 Å². The summed E-state index contributed by atoms with van der Waals surface area (Å²) in [4.78, 5) is 15.3. The summed E-state index contributed by atoms with van der Waals surface area (Å²) in [5, 5.41) is 5.51. The van der Waals surface area contributed by atoms with Crippen molar-refractivity contribution >= 4 is 16.8 Å². The lowest BCUT2D eigenvalue weighted by atomic mass is 9.86. The normalized spacial score (nSPS) is 16.2. The van der Waals surface area contributed by atoms with Gasteiger partial charge >= 0.3 is 0 Å². The largest absolute Gasteiger partial charge is 0.350 e. The van der Waals surface area contributed by atoms with Crippen molar-refractivity contribution in [3.05, 3.63) is 89.4 Å². The van der Waals surface area contributed by atoms with Crippen LogP contribution >= 0.6 is 0 Å². The maximum Gasteiger partial charge on any atom is 0.227 e. The molecule has 3 heterocycles. The van der Waals surface area contributed by atoms with Crippen LogP contribution in [-0.2, 0) is 31.9 Å². The minimum Gasteiger partial charge on any atom is -0.350 e. The van der Waals surface area contributed by atoms with E-state index in [-0.39, 0.29) is 11.8 Å². The van der Waals surface area contributed by atoms with Crippen LogP contribution in [0, 0.1) is 0 Å². The van der Waals surface area contributed by atoms with Crippen LogP contribution in [0.3, 0.4) is 0 Å². The molecule has 0 bridgehead atoms. The maximum absolute atomic E-state index is 13.3. The number of rotatable bonds is 3. The van der Waals surface area contributed by atoms with Gasteiger partial charge in [0.05, 0.1) is 12.6 Å². The molecule has 1 aliphatic rings. The van der Waals surface area contributed by atoms with E-state index >= 15 is 0 Å². The van der Waals surface area contributed by atoms with Gasteiger partial charge in [-0.2, -0.15) is 5.10 Å². The number of hydrogen-bond donors (Lipinski definition) is 0. The van der Waals surface area contributed by atoms with Crippen molar-refractivity contribution in [3.8, 4) is 0 Å². The molecule has 5 rings (SSSR count). The zero-order valence-corrected chi connectivity index (χ0v) is 16.7. The van der Waals surface area contributed by atoms with E-state index in [1.807, 2.05) is 42.0 Å². The number of carbonyl (C=O) groups excluding carboxylic acids is 1. The van der Waals surface area contributed by atoms with Gasteiger partial charge in [0, 0.05) is 56.4 Å². The molecule has 5 heteroatoms. The van der Waals surface area contributed by atoms with Crippen LogP contribution in [0.2, 0.25) is 0 Å².